The summed E-state index contributed by atoms with van der Waals surface area (Å²) in [6, 6.07) is 0.123. The van der Waals surface area contributed by atoms with Crippen molar-refractivity contribution in [3.8, 4) is 0 Å². The lowest BCUT2D eigenvalue weighted by Crippen LogP contribution is -2.35. The van der Waals surface area contributed by atoms with E-state index >= 15 is 0 Å². The highest BCUT2D eigenvalue weighted by atomic mass is 16.7. The van der Waals surface area contributed by atoms with Crippen LogP contribution in [0.25, 0.3) is 0 Å². The quantitative estimate of drug-likeness (QED) is 0.558. The van der Waals surface area contributed by atoms with Crippen molar-refractivity contribution in [1.82, 2.24) is 5.06 Å². The number of rotatable bonds is 3. The van der Waals surface area contributed by atoms with Crippen LogP contribution in [0.15, 0.2) is 0 Å². The molecule has 0 aliphatic heterocycles. The average Bonchev–Trinajstić information content (AvgIpc) is 1.81. The number of carbonyl (C=O) groups excluding carboxylic acids is 1. The Kier molecular flexibility index (Phi) is 4.03. The molecule has 60 valence electrons. The standard InChI is InChI=1S/C7H15NO2/c1-5-10-8(6(2)3)7(4)9/h6H,5H2,1-4H3. The van der Waals surface area contributed by atoms with Gasteiger partial charge in [-0.2, -0.15) is 0 Å². The first-order valence-electron chi connectivity index (χ1n) is 3.52. The summed E-state index contributed by atoms with van der Waals surface area (Å²) in [5.74, 6) is -0.0446. The van der Waals surface area contributed by atoms with Gasteiger partial charge in [0, 0.05) is 6.92 Å². The lowest BCUT2D eigenvalue weighted by atomic mass is 10.4. The van der Waals surface area contributed by atoms with Crippen molar-refractivity contribution >= 4 is 5.91 Å². The molecule has 0 aromatic heterocycles. The fraction of sp³-hybridized carbons (Fsp3) is 0.857. The summed E-state index contributed by atoms with van der Waals surface area (Å²) < 4.78 is 0. The van der Waals surface area contributed by atoms with Gasteiger partial charge in [0.2, 0.25) is 5.91 Å². The molecule has 0 N–H and O–H groups in total. The van der Waals surface area contributed by atoms with Crippen LogP contribution in [0.2, 0.25) is 0 Å². The summed E-state index contributed by atoms with van der Waals surface area (Å²) in [6.07, 6.45) is 0. The Hall–Kier alpha value is -0.570. The van der Waals surface area contributed by atoms with Gasteiger partial charge in [-0.1, -0.05) is 0 Å². The molecule has 0 spiro atoms. The van der Waals surface area contributed by atoms with Crippen LogP contribution in [0.1, 0.15) is 27.7 Å². The molecule has 3 heteroatoms. The van der Waals surface area contributed by atoms with Crippen LogP contribution in [-0.4, -0.2) is 23.6 Å². The molecule has 10 heavy (non-hydrogen) atoms. The second kappa shape index (κ2) is 4.28. The third-order valence-corrected chi connectivity index (χ3v) is 1.05. The molecular weight excluding hydrogens is 130 g/mol. The molecule has 0 aliphatic carbocycles. The molecule has 0 rings (SSSR count). The highest BCUT2D eigenvalue weighted by molar-refractivity contribution is 5.72. The van der Waals surface area contributed by atoms with Crippen molar-refractivity contribution in [2.24, 2.45) is 0 Å². The van der Waals surface area contributed by atoms with Crippen LogP contribution in [0.4, 0.5) is 0 Å². The SMILES string of the molecule is CCON(C(C)=O)C(C)C. The van der Waals surface area contributed by atoms with E-state index in [1.54, 1.807) is 0 Å². The molecule has 0 saturated heterocycles. The van der Waals surface area contributed by atoms with Crippen LogP contribution < -0.4 is 0 Å². The van der Waals surface area contributed by atoms with Gasteiger partial charge in [0.25, 0.3) is 0 Å². The summed E-state index contributed by atoms with van der Waals surface area (Å²) in [5, 5.41) is 1.38. The van der Waals surface area contributed by atoms with Gasteiger partial charge in [-0.05, 0) is 20.8 Å². The van der Waals surface area contributed by atoms with E-state index in [2.05, 4.69) is 0 Å². The summed E-state index contributed by atoms with van der Waals surface area (Å²) in [4.78, 5) is 15.8. The van der Waals surface area contributed by atoms with Crippen molar-refractivity contribution in [2.75, 3.05) is 6.61 Å². The fourth-order valence-electron chi connectivity index (χ4n) is 0.743. The lowest BCUT2D eigenvalue weighted by molar-refractivity contribution is -0.192. The van der Waals surface area contributed by atoms with Crippen molar-refractivity contribution in [3.63, 3.8) is 0 Å². The summed E-state index contributed by atoms with van der Waals surface area (Å²) >= 11 is 0. The van der Waals surface area contributed by atoms with Crippen molar-refractivity contribution < 1.29 is 9.63 Å². The zero-order chi connectivity index (χ0) is 8.15. The smallest absolute Gasteiger partial charge is 0.243 e. The summed E-state index contributed by atoms with van der Waals surface area (Å²) in [6.45, 7) is 7.72. The van der Waals surface area contributed by atoms with Gasteiger partial charge in [0.1, 0.15) is 0 Å². The Morgan fingerprint density at radius 3 is 2.20 bits per heavy atom. The molecule has 0 unspecified atom stereocenters. The molecule has 0 bridgehead atoms. The van der Waals surface area contributed by atoms with Crippen LogP contribution in [0.3, 0.4) is 0 Å². The number of carbonyl (C=O) groups is 1. The number of hydrogen-bond acceptors (Lipinski definition) is 2. The largest absolute Gasteiger partial charge is 0.273 e. The average molecular weight is 145 g/mol. The highest BCUT2D eigenvalue weighted by Gasteiger charge is 2.11. The first-order valence-corrected chi connectivity index (χ1v) is 3.52. The first kappa shape index (κ1) is 9.43. The van der Waals surface area contributed by atoms with Crippen LogP contribution >= 0.6 is 0 Å². The molecule has 0 radical (unpaired) electrons. The van der Waals surface area contributed by atoms with E-state index in [4.69, 9.17) is 4.84 Å². The minimum atomic E-state index is -0.0446. The van der Waals surface area contributed by atoms with Crippen molar-refractivity contribution in [3.05, 3.63) is 0 Å². The third-order valence-electron chi connectivity index (χ3n) is 1.05. The Labute approximate surface area is 61.9 Å². The maximum Gasteiger partial charge on any atom is 0.243 e. The second-order valence-electron chi connectivity index (χ2n) is 2.36. The zero-order valence-electron chi connectivity index (χ0n) is 7.05. The summed E-state index contributed by atoms with van der Waals surface area (Å²) in [7, 11) is 0. The van der Waals surface area contributed by atoms with E-state index in [0.717, 1.165) is 0 Å². The van der Waals surface area contributed by atoms with E-state index < -0.39 is 0 Å². The molecule has 0 aromatic rings. The molecule has 0 saturated carbocycles. The Morgan fingerprint density at radius 2 is 2.10 bits per heavy atom. The predicted octanol–water partition coefficient (Wildman–Crippen LogP) is 1.19. The van der Waals surface area contributed by atoms with Crippen LogP contribution in [0.5, 0.6) is 0 Å². The second-order valence-corrected chi connectivity index (χ2v) is 2.36. The third kappa shape index (κ3) is 2.82. The van der Waals surface area contributed by atoms with E-state index in [-0.39, 0.29) is 11.9 Å². The normalized spacial score (nSPS) is 10.1. The van der Waals surface area contributed by atoms with Gasteiger partial charge in [-0.3, -0.25) is 9.63 Å². The minimum absolute atomic E-state index is 0.0446. The first-order chi connectivity index (χ1) is 4.59. The van der Waals surface area contributed by atoms with Crippen LogP contribution in [-0.2, 0) is 9.63 Å². The van der Waals surface area contributed by atoms with Gasteiger partial charge < -0.3 is 0 Å². The topological polar surface area (TPSA) is 29.5 Å². The van der Waals surface area contributed by atoms with Crippen LogP contribution in [0, 0.1) is 0 Å². The van der Waals surface area contributed by atoms with Crippen molar-refractivity contribution in [1.29, 1.82) is 0 Å². The predicted molar refractivity (Wildman–Crippen MR) is 39.3 cm³/mol. The highest BCUT2D eigenvalue weighted by Crippen LogP contribution is 1.98. The van der Waals surface area contributed by atoms with E-state index in [0.29, 0.717) is 6.61 Å². The molecule has 1 amide bonds. The van der Waals surface area contributed by atoms with E-state index in [9.17, 15) is 4.79 Å². The lowest BCUT2D eigenvalue weighted by Gasteiger charge is -2.23. The number of nitrogens with zero attached hydrogens (tertiary/aromatic N) is 1. The number of hydroxylamine groups is 2. The Bertz CT molecular complexity index is 112. The van der Waals surface area contributed by atoms with Gasteiger partial charge in [-0.15, -0.1) is 0 Å². The molecule has 0 heterocycles. The maximum atomic E-state index is 10.8. The Morgan fingerprint density at radius 1 is 1.60 bits per heavy atom. The molecule has 0 aromatic carbocycles. The van der Waals surface area contributed by atoms with Crippen molar-refractivity contribution in [2.45, 2.75) is 33.7 Å². The number of amides is 1. The van der Waals surface area contributed by atoms with Gasteiger partial charge in [0.15, 0.2) is 0 Å². The minimum Gasteiger partial charge on any atom is -0.273 e. The molecular formula is C7H15NO2. The molecule has 0 atom stereocenters. The fourth-order valence-corrected chi connectivity index (χ4v) is 0.743. The summed E-state index contributed by atoms with van der Waals surface area (Å²) in [5.41, 5.74) is 0. The monoisotopic (exact) mass is 145 g/mol. The zero-order valence-corrected chi connectivity index (χ0v) is 7.05. The molecule has 0 aliphatic rings. The Balaban J connectivity index is 3.85. The molecule has 3 nitrogen and oxygen atoms in total. The van der Waals surface area contributed by atoms with E-state index in [1.165, 1.54) is 12.0 Å². The van der Waals surface area contributed by atoms with Gasteiger partial charge in [-0.25, -0.2) is 5.06 Å². The van der Waals surface area contributed by atoms with Gasteiger partial charge in [0.05, 0.1) is 12.6 Å². The molecule has 0 fully saturated rings. The maximum absolute atomic E-state index is 10.8. The van der Waals surface area contributed by atoms with E-state index in [1.807, 2.05) is 20.8 Å². The number of hydrogen-bond donors (Lipinski definition) is 0. The van der Waals surface area contributed by atoms with Gasteiger partial charge >= 0.3 is 0 Å².